The van der Waals surface area contributed by atoms with E-state index in [4.69, 9.17) is 9.84 Å². The van der Waals surface area contributed by atoms with Crippen LogP contribution in [0.15, 0.2) is 12.1 Å². The Balaban J connectivity index is 2.69. The van der Waals surface area contributed by atoms with E-state index in [-0.39, 0.29) is 18.1 Å². The fourth-order valence-corrected chi connectivity index (χ4v) is 1.49. The van der Waals surface area contributed by atoms with Crippen molar-refractivity contribution < 1.29 is 19.4 Å². The lowest BCUT2D eigenvalue weighted by Crippen LogP contribution is -2.14. The molecular formula is C11H15NO4. The van der Waals surface area contributed by atoms with Gasteiger partial charge in [0.05, 0.1) is 13.0 Å². The second kappa shape index (κ2) is 5.34. The van der Waals surface area contributed by atoms with Crippen LogP contribution in [0, 0.1) is 6.92 Å². The predicted octanol–water partition coefficient (Wildman–Crippen LogP) is 1.45. The number of esters is 1. The van der Waals surface area contributed by atoms with Gasteiger partial charge in [-0.25, -0.2) is 4.79 Å². The van der Waals surface area contributed by atoms with E-state index >= 15 is 0 Å². The first-order valence-corrected chi connectivity index (χ1v) is 5.11. The highest BCUT2D eigenvalue weighted by Crippen LogP contribution is 2.09. The van der Waals surface area contributed by atoms with Gasteiger partial charge >= 0.3 is 11.9 Å². The van der Waals surface area contributed by atoms with Crippen LogP contribution >= 0.6 is 0 Å². The first-order valence-electron chi connectivity index (χ1n) is 5.11. The number of aromatic nitrogens is 1. The van der Waals surface area contributed by atoms with Crippen molar-refractivity contribution in [2.45, 2.75) is 26.8 Å². The van der Waals surface area contributed by atoms with Crippen LogP contribution in [0.25, 0.3) is 0 Å². The minimum absolute atomic E-state index is 0.184. The van der Waals surface area contributed by atoms with Gasteiger partial charge in [-0.05, 0) is 26.0 Å². The molecule has 88 valence electrons. The molecule has 1 rings (SSSR count). The number of nitrogens with zero attached hydrogens (tertiary/aromatic N) is 1. The summed E-state index contributed by atoms with van der Waals surface area (Å²) in [4.78, 5) is 22.0. The summed E-state index contributed by atoms with van der Waals surface area (Å²) in [5.41, 5.74) is 1.02. The van der Waals surface area contributed by atoms with Crippen LogP contribution in [0.2, 0.25) is 0 Å². The second-order valence-electron chi connectivity index (χ2n) is 3.37. The normalized spacial score (nSPS) is 10.1. The molecule has 1 aromatic heterocycles. The molecule has 0 unspecified atom stereocenters. The van der Waals surface area contributed by atoms with Gasteiger partial charge in [-0.2, -0.15) is 0 Å². The molecule has 0 fully saturated rings. The minimum Gasteiger partial charge on any atom is -0.477 e. The number of aryl methyl sites for hydroxylation is 1. The monoisotopic (exact) mass is 225 g/mol. The quantitative estimate of drug-likeness (QED) is 0.770. The summed E-state index contributed by atoms with van der Waals surface area (Å²) < 4.78 is 6.38. The second-order valence-corrected chi connectivity index (χ2v) is 3.37. The standard InChI is InChI=1S/C11H15NO4/c1-3-16-10(13)6-7-12-8(2)4-5-9(12)11(14)15/h4-5H,3,6-7H2,1-2H3,(H,14,15). The minimum atomic E-state index is -0.989. The Morgan fingerprint density at radius 1 is 1.44 bits per heavy atom. The maximum Gasteiger partial charge on any atom is 0.352 e. The molecule has 0 amide bonds. The number of carbonyl (C=O) groups excluding carboxylic acids is 1. The first-order chi connectivity index (χ1) is 7.56. The lowest BCUT2D eigenvalue weighted by Gasteiger charge is -2.08. The Morgan fingerprint density at radius 3 is 2.69 bits per heavy atom. The van der Waals surface area contributed by atoms with E-state index in [1.807, 2.05) is 0 Å². The van der Waals surface area contributed by atoms with Crippen molar-refractivity contribution >= 4 is 11.9 Å². The molecule has 0 atom stereocenters. The van der Waals surface area contributed by atoms with Gasteiger partial charge in [0, 0.05) is 12.2 Å². The number of aromatic carboxylic acids is 1. The Morgan fingerprint density at radius 2 is 2.12 bits per heavy atom. The SMILES string of the molecule is CCOC(=O)CCn1c(C)ccc1C(=O)O. The van der Waals surface area contributed by atoms with Gasteiger partial charge in [0.15, 0.2) is 0 Å². The molecule has 0 aliphatic rings. The number of carboxylic acid groups (broad SMARTS) is 1. The Bertz CT molecular complexity index is 395. The molecule has 0 aromatic carbocycles. The molecule has 1 aromatic rings. The molecule has 0 bridgehead atoms. The number of hydrogen-bond acceptors (Lipinski definition) is 3. The van der Waals surface area contributed by atoms with E-state index in [9.17, 15) is 9.59 Å². The molecule has 1 heterocycles. The van der Waals surface area contributed by atoms with Crippen molar-refractivity contribution in [2.75, 3.05) is 6.61 Å². The zero-order valence-corrected chi connectivity index (χ0v) is 9.40. The summed E-state index contributed by atoms with van der Waals surface area (Å²) in [5, 5.41) is 8.91. The Kier molecular flexibility index (Phi) is 4.10. The first kappa shape index (κ1) is 12.3. The van der Waals surface area contributed by atoms with E-state index in [0.717, 1.165) is 5.69 Å². The van der Waals surface area contributed by atoms with E-state index in [0.29, 0.717) is 13.2 Å². The number of hydrogen-bond donors (Lipinski definition) is 1. The molecule has 5 heteroatoms. The topological polar surface area (TPSA) is 68.5 Å². The third-order valence-corrected chi connectivity index (χ3v) is 2.26. The molecule has 0 saturated carbocycles. The summed E-state index contributed by atoms with van der Waals surface area (Å²) in [6.45, 7) is 4.22. The molecular weight excluding hydrogens is 210 g/mol. The van der Waals surface area contributed by atoms with Crippen LogP contribution in [0.3, 0.4) is 0 Å². The van der Waals surface area contributed by atoms with Gasteiger partial charge in [-0.3, -0.25) is 4.79 Å². The van der Waals surface area contributed by atoms with Gasteiger partial charge in [0.2, 0.25) is 0 Å². The maximum absolute atomic E-state index is 11.1. The predicted molar refractivity (Wildman–Crippen MR) is 57.4 cm³/mol. The van der Waals surface area contributed by atoms with E-state index in [1.54, 1.807) is 24.5 Å². The molecule has 0 spiro atoms. The summed E-state index contributed by atoms with van der Waals surface area (Å²) >= 11 is 0. The van der Waals surface area contributed by atoms with Crippen molar-refractivity contribution in [3.05, 3.63) is 23.5 Å². The van der Waals surface area contributed by atoms with E-state index < -0.39 is 5.97 Å². The van der Waals surface area contributed by atoms with Crippen molar-refractivity contribution in [3.8, 4) is 0 Å². The third-order valence-electron chi connectivity index (χ3n) is 2.26. The third kappa shape index (κ3) is 2.85. The van der Waals surface area contributed by atoms with Crippen molar-refractivity contribution in [2.24, 2.45) is 0 Å². The van der Waals surface area contributed by atoms with Crippen LogP contribution in [0.5, 0.6) is 0 Å². The molecule has 16 heavy (non-hydrogen) atoms. The molecule has 0 saturated heterocycles. The summed E-state index contributed by atoms with van der Waals surface area (Å²) in [6.07, 6.45) is 0.184. The lowest BCUT2D eigenvalue weighted by atomic mass is 10.4. The molecule has 0 aliphatic heterocycles. The van der Waals surface area contributed by atoms with Crippen molar-refractivity contribution in [3.63, 3.8) is 0 Å². The maximum atomic E-state index is 11.1. The Hall–Kier alpha value is -1.78. The lowest BCUT2D eigenvalue weighted by molar-refractivity contribution is -0.143. The van der Waals surface area contributed by atoms with Crippen LogP contribution in [0.1, 0.15) is 29.5 Å². The van der Waals surface area contributed by atoms with E-state index in [2.05, 4.69) is 0 Å². The summed E-state index contributed by atoms with van der Waals surface area (Å²) in [6, 6.07) is 3.25. The van der Waals surface area contributed by atoms with Crippen LogP contribution < -0.4 is 0 Å². The number of carboxylic acids is 1. The van der Waals surface area contributed by atoms with Crippen molar-refractivity contribution in [1.29, 1.82) is 0 Å². The van der Waals surface area contributed by atoms with E-state index in [1.165, 1.54) is 6.07 Å². The largest absolute Gasteiger partial charge is 0.477 e. The molecule has 0 aliphatic carbocycles. The summed E-state index contributed by atoms with van der Waals surface area (Å²) in [7, 11) is 0. The average Bonchev–Trinajstić information content (AvgIpc) is 2.57. The molecule has 5 nitrogen and oxygen atoms in total. The van der Waals surface area contributed by atoms with Crippen molar-refractivity contribution in [1.82, 2.24) is 4.57 Å². The van der Waals surface area contributed by atoms with Gasteiger partial charge in [0.1, 0.15) is 5.69 Å². The fourth-order valence-electron chi connectivity index (χ4n) is 1.49. The van der Waals surface area contributed by atoms with Gasteiger partial charge < -0.3 is 14.4 Å². The van der Waals surface area contributed by atoms with Crippen LogP contribution in [0.4, 0.5) is 0 Å². The van der Waals surface area contributed by atoms with Gasteiger partial charge in [-0.15, -0.1) is 0 Å². The zero-order chi connectivity index (χ0) is 12.1. The fraction of sp³-hybridized carbons (Fsp3) is 0.455. The number of rotatable bonds is 5. The number of carbonyl (C=O) groups is 2. The van der Waals surface area contributed by atoms with Gasteiger partial charge in [-0.1, -0.05) is 0 Å². The smallest absolute Gasteiger partial charge is 0.352 e. The average molecular weight is 225 g/mol. The highest BCUT2D eigenvalue weighted by atomic mass is 16.5. The van der Waals surface area contributed by atoms with Crippen LogP contribution in [-0.4, -0.2) is 28.2 Å². The summed E-state index contributed by atoms with van der Waals surface area (Å²) in [5.74, 6) is -1.30. The number of ether oxygens (including phenoxy) is 1. The van der Waals surface area contributed by atoms with Crippen LogP contribution in [-0.2, 0) is 16.1 Å². The zero-order valence-electron chi connectivity index (χ0n) is 9.40. The Labute approximate surface area is 93.6 Å². The highest BCUT2D eigenvalue weighted by Gasteiger charge is 2.12. The van der Waals surface area contributed by atoms with Gasteiger partial charge in [0.25, 0.3) is 0 Å². The highest BCUT2D eigenvalue weighted by molar-refractivity contribution is 5.86. The molecule has 1 N–H and O–H groups in total. The molecule has 0 radical (unpaired) electrons.